The first-order chi connectivity index (χ1) is 14.3. The van der Waals surface area contributed by atoms with E-state index >= 15 is 0 Å². The number of imide groups is 1. The summed E-state index contributed by atoms with van der Waals surface area (Å²) >= 11 is 0. The summed E-state index contributed by atoms with van der Waals surface area (Å²) in [5.74, 6) is -1.05. The average Bonchev–Trinajstić information content (AvgIpc) is 3.27. The molecule has 162 valence electrons. The largest absolute Gasteiger partial charge is 0.332 e. The number of hydrogen-bond donors (Lipinski definition) is 2. The third kappa shape index (κ3) is 4.17. The maximum Gasteiger partial charge on any atom is 0.325 e. The van der Waals surface area contributed by atoms with Crippen LogP contribution in [-0.4, -0.2) is 58.2 Å². The molecule has 8 heteroatoms. The van der Waals surface area contributed by atoms with Gasteiger partial charge in [0.05, 0.1) is 6.54 Å². The van der Waals surface area contributed by atoms with E-state index in [4.69, 9.17) is 0 Å². The van der Waals surface area contributed by atoms with Gasteiger partial charge in [-0.05, 0) is 44.7 Å². The van der Waals surface area contributed by atoms with Crippen molar-refractivity contribution in [3.8, 4) is 0 Å². The molecular formula is C22H30N4O4. The third-order valence-corrected chi connectivity index (χ3v) is 5.95. The molecule has 1 spiro atoms. The molecule has 1 saturated carbocycles. The number of anilines is 1. The summed E-state index contributed by atoms with van der Waals surface area (Å²) in [6.45, 7) is 5.57. The van der Waals surface area contributed by atoms with Gasteiger partial charge >= 0.3 is 6.03 Å². The van der Waals surface area contributed by atoms with Crippen molar-refractivity contribution in [3.63, 3.8) is 0 Å². The summed E-state index contributed by atoms with van der Waals surface area (Å²) in [4.78, 5) is 53.6. The number of nitrogens with one attached hydrogen (secondary N) is 2. The lowest BCUT2D eigenvalue weighted by Gasteiger charge is -2.29. The lowest BCUT2D eigenvalue weighted by molar-refractivity contribution is -0.143. The van der Waals surface area contributed by atoms with Crippen LogP contribution in [0.3, 0.4) is 0 Å². The van der Waals surface area contributed by atoms with E-state index in [0.29, 0.717) is 31.5 Å². The Morgan fingerprint density at radius 2 is 1.90 bits per heavy atom. The van der Waals surface area contributed by atoms with Crippen LogP contribution in [0.4, 0.5) is 10.5 Å². The minimum atomic E-state index is -0.963. The van der Waals surface area contributed by atoms with Crippen molar-refractivity contribution in [2.75, 3.05) is 18.4 Å². The molecule has 3 rings (SSSR count). The van der Waals surface area contributed by atoms with E-state index in [1.54, 1.807) is 13.0 Å². The quantitative estimate of drug-likeness (QED) is 0.670. The Bertz CT molecular complexity index is 847. The Hall–Kier alpha value is -2.90. The normalized spacial score (nSPS) is 18.4. The van der Waals surface area contributed by atoms with Crippen molar-refractivity contribution in [2.24, 2.45) is 0 Å². The number of benzene rings is 1. The number of aryl methyl sites for hydroxylation is 1. The van der Waals surface area contributed by atoms with Gasteiger partial charge in [0.1, 0.15) is 11.6 Å². The number of carbonyl (C=O) groups excluding carboxylic acids is 4. The van der Waals surface area contributed by atoms with Crippen LogP contribution in [0.15, 0.2) is 24.3 Å². The zero-order valence-electron chi connectivity index (χ0n) is 17.9. The van der Waals surface area contributed by atoms with E-state index in [9.17, 15) is 19.2 Å². The zero-order valence-corrected chi connectivity index (χ0v) is 17.9. The Morgan fingerprint density at radius 1 is 1.23 bits per heavy atom. The smallest absolute Gasteiger partial charge is 0.325 e. The monoisotopic (exact) mass is 414 g/mol. The van der Waals surface area contributed by atoms with Gasteiger partial charge in [0, 0.05) is 12.2 Å². The average molecular weight is 415 g/mol. The van der Waals surface area contributed by atoms with E-state index in [-0.39, 0.29) is 18.4 Å². The highest BCUT2D eigenvalue weighted by molar-refractivity contribution is 6.10. The maximum absolute atomic E-state index is 13.1. The van der Waals surface area contributed by atoms with Gasteiger partial charge in [0.15, 0.2) is 0 Å². The van der Waals surface area contributed by atoms with E-state index < -0.39 is 23.5 Å². The van der Waals surface area contributed by atoms with E-state index in [1.165, 1.54) is 4.90 Å². The summed E-state index contributed by atoms with van der Waals surface area (Å²) in [6, 6.07) is 5.92. The molecule has 5 amide bonds. The van der Waals surface area contributed by atoms with Crippen molar-refractivity contribution in [2.45, 2.75) is 64.5 Å². The van der Waals surface area contributed by atoms with Crippen LogP contribution in [0.1, 0.15) is 51.5 Å². The van der Waals surface area contributed by atoms with Gasteiger partial charge in [0.25, 0.3) is 5.91 Å². The Balaban J connectivity index is 1.70. The van der Waals surface area contributed by atoms with Gasteiger partial charge in [-0.3, -0.25) is 14.4 Å². The molecule has 0 radical (unpaired) electrons. The van der Waals surface area contributed by atoms with Gasteiger partial charge in [-0.1, -0.05) is 38.0 Å². The van der Waals surface area contributed by atoms with Crippen LogP contribution in [0.25, 0.3) is 0 Å². The highest BCUT2D eigenvalue weighted by Crippen LogP contribution is 2.35. The van der Waals surface area contributed by atoms with Crippen LogP contribution < -0.4 is 10.6 Å². The number of rotatable bonds is 7. The van der Waals surface area contributed by atoms with Crippen LogP contribution >= 0.6 is 0 Å². The first-order valence-corrected chi connectivity index (χ1v) is 10.6. The Morgan fingerprint density at radius 3 is 2.53 bits per heavy atom. The third-order valence-electron chi connectivity index (χ3n) is 5.95. The minimum absolute atomic E-state index is 0.139. The molecule has 2 aliphatic rings. The first kappa shape index (κ1) is 21.8. The number of para-hydroxylation sites is 1. The van der Waals surface area contributed by atoms with Gasteiger partial charge in [0.2, 0.25) is 11.8 Å². The Labute approximate surface area is 177 Å². The predicted molar refractivity (Wildman–Crippen MR) is 113 cm³/mol. The van der Waals surface area contributed by atoms with Crippen molar-refractivity contribution in [3.05, 3.63) is 29.8 Å². The molecule has 1 saturated heterocycles. The van der Waals surface area contributed by atoms with Crippen LogP contribution in [0.2, 0.25) is 0 Å². The lowest BCUT2D eigenvalue weighted by Crippen LogP contribution is -2.52. The standard InChI is InChI=1S/C22H30N4O4/c1-4-13-25(14-18(27)23-17-10-6-5-9-15(17)2)19(28)16(3)26-20(29)22(24-21(26)30)11-7-8-12-22/h5-6,9-10,16H,4,7-8,11-14H2,1-3H3,(H,23,27)(H,24,30). The molecule has 1 aliphatic heterocycles. The maximum atomic E-state index is 13.1. The van der Waals surface area contributed by atoms with Crippen LogP contribution in [0.5, 0.6) is 0 Å². The molecule has 1 aromatic rings. The molecular weight excluding hydrogens is 384 g/mol. The van der Waals surface area contributed by atoms with E-state index in [0.717, 1.165) is 23.3 Å². The topological polar surface area (TPSA) is 98.8 Å². The molecule has 0 bridgehead atoms. The summed E-state index contributed by atoms with van der Waals surface area (Å²) in [6.07, 6.45) is 3.62. The highest BCUT2D eigenvalue weighted by Gasteiger charge is 2.54. The fraction of sp³-hybridized carbons (Fsp3) is 0.545. The molecule has 1 aliphatic carbocycles. The fourth-order valence-electron chi connectivity index (χ4n) is 4.30. The highest BCUT2D eigenvalue weighted by atomic mass is 16.2. The van der Waals surface area contributed by atoms with Crippen molar-refractivity contribution in [1.82, 2.24) is 15.1 Å². The molecule has 30 heavy (non-hydrogen) atoms. The zero-order chi connectivity index (χ0) is 21.9. The van der Waals surface area contributed by atoms with Crippen LogP contribution in [0, 0.1) is 6.92 Å². The number of nitrogens with zero attached hydrogens (tertiary/aromatic N) is 2. The second kappa shape index (κ2) is 8.85. The number of carbonyl (C=O) groups is 4. The van der Waals surface area contributed by atoms with E-state index in [1.807, 2.05) is 32.0 Å². The lowest BCUT2D eigenvalue weighted by atomic mass is 9.97. The summed E-state index contributed by atoms with van der Waals surface area (Å²) in [5, 5.41) is 5.63. The van der Waals surface area contributed by atoms with Gasteiger partial charge in [-0.15, -0.1) is 0 Å². The molecule has 1 unspecified atom stereocenters. The summed E-state index contributed by atoms with van der Waals surface area (Å²) in [5.41, 5.74) is 0.758. The van der Waals surface area contributed by atoms with Crippen molar-refractivity contribution in [1.29, 1.82) is 0 Å². The van der Waals surface area contributed by atoms with Crippen molar-refractivity contribution < 1.29 is 19.2 Å². The summed E-state index contributed by atoms with van der Waals surface area (Å²) < 4.78 is 0. The molecule has 8 nitrogen and oxygen atoms in total. The number of urea groups is 1. The number of amides is 5. The molecule has 0 aromatic heterocycles. The Kier molecular flexibility index (Phi) is 6.43. The molecule has 1 aromatic carbocycles. The molecule has 2 fully saturated rings. The fourth-order valence-corrected chi connectivity index (χ4v) is 4.30. The van der Waals surface area contributed by atoms with E-state index in [2.05, 4.69) is 10.6 Å². The predicted octanol–water partition coefficient (Wildman–Crippen LogP) is 2.43. The number of hydrogen-bond acceptors (Lipinski definition) is 4. The minimum Gasteiger partial charge on any atom is -0.332 e. The second-order valence-electron chi connectivity index (χ2n) is 8.19. The SMILES string of the molecule is CCCN(CC(=O)Nc1ccccc1C)C(=O)C(C)N1C(=O)NC2(CCCC2)C1=O. The van der Waals surface area contributed by atoms with Crippen molar-refractivity contribution >= 4 is 29.4 Å². The molecule has 1 atom stereocenters. The summed E-state index contributed by atoms with van der Waals surface area (Å²) in [7, 11) is 0. The molecule has 2 N–H and O–H groups in total. The van der Waals surface area contributed by atoms with Gasteiger partial charge in [-0.25, -0.2) is 9.69 Å². The second-order valence-corrected chi connectivity index (χ2v) is 8.19. The van der Waals surface area contributed by atoms with Gasteiger partial charge < -0.3 is 15.5 Å². The molecule has 1 heterocycles. The van der Waals surface area contributed by atoms with Gasteiger partial charge in [-0.2, -0.15) is 0 Å². The van der Waals surface area contributed by atoms with Crippen LogP contribution in [-0.2, 0) is 14.4 Å². The first-order valence-electron chi connectivity index (χ1n) is 10.6.